The number of carbonyl (C=O) groups excluding carboxylic acids is 1. The summed E-state index contributed by atoms with van der Waals surface area (Å²) in [6.45, 7) is 2.69. The van der Waals surface area contributed by atoms with Crippen LogP contribution in [0, 0.1) is 0 Å². The van der Waals surface area contributed by atoms with Gasteiger partial charge in [-0.2, -0.15) is 0 Å². The van der Waals surface area contributed by atoms with Crippen LogP contribution < -0.4 is 10.1 Å². The van der Waals surface area contributed by atoms with Crippen molar-refractivity contribution in [2.75, 3.05) is 11.9 Å². The molecule has 0 fully saturated rings. The molecule has 0 aliphatic rings. The molecule has 1 rings (SSSR count). The number of ether oxygens (including phenoxy) is 1. The van der Waals surface area contributed by atoms with Crippen LogP contribution in [0.5, 0.6) is 5.75 Å². The Hall–Kier alpha value is -1.03. The first-order valence-corrected chi connectivity index (χ1v) is 5.86. The molecule has 4 heteroatoms. The standard InChI is InChI=1S/C11H14BrNO2/c1-9(14)13-8-10-3-2-4-11(7-10)15-6-5-12/h2-4,7H,5-6,8H2,1H3,(H,13,14). The first-order chi connectivity index (χ1) is 7.22. The van der Waals surface area contributed by atoms with E-state index in [-0.39, 0.29) is 5.91 Å². The van der Waals surface area contributed by atoms with Crippen molar-refractivity contribution < 1.29 is 9.53 Å². The Labute approximate surface area is 97.9 Å². The average Bonchev–Trinajstić information content (AvgIpc) is 2.24. The van der Waals surface area contributed by atoms with Gasteiger partial charge in [-0.15, -0.1) is 0 Å². The molecule has 1 amide bonds. The normalized spacial score (nSPS) is 9.73. The Morgan fingerprint density at radius 1 is 1.53 bits per heavy atom. The summed E-state index contributed by atoms with van der Waals surface area (Å²) in [7, 11) is 0. The highest BCUT2D eigenvalue weighted by atomic mass is 79.9. The molecular formula is C11H14BrNO2. The van der Waals surface area contributed by atoms with Gasteiger partial charge in [-0.05, 0) is 17.7 Å². The molecule has 0 heterocycles. The molecule has 0 aliphatic carbocycles. The van der Waals surface area contributed by atoms with Gasteiger partial charge in [-0.3, -0.25) is 4.79 Å². The molecular weight excluding hydrogens is 258 g/mol. The summed E-state index contributed by atoms with van der Waals surface area (Å²) in [5, 5.41) is 3.55. The third-order valence-corrected chi connectivity index (χ3v) is 2.11. The Kier molecular flexibility index (Phi) is 5.18. The van der Waals surface area contributed by atoms with E-state index in [4.69, 9.17) is 4.74 Å². The topological polar surface area (TPSA) is 38.3 Å². The van der Waals surface area contributed by atoms with Gasteiger partial charge in [0.2, 0.25) is 5.91 Å². The van der Waals surface area contributed by atoms with Gasteiger partial charge in [0.1, 0.15) is 5.75 Å². The van der Waals surface area contributed by atoms with Gasteiger partial charge in [0.05, 0.1) is 6.61 Å². The number of amides is 1. The number of hydrogen-bond acceptors (Lipinski definition) is 2. The third kappa shape index (κ3) is 4.83. The molecule has 0 unspecified atom stereocenters. The van der Waals surface area contributed by atoms with E-state index in [2.05, 4.69) is 21.2 Å². The van der Waals surface area contributed by atoms with E-state index in [1.54, 1.807) is 0 Å². The van der Waals surface area contributed by atoms with Crippen molar-refractivity contribution >= 4 is 21.8 Å². The maximum atomic E-state index is 10.7. The Morgan fingerprint density at radius 2 is 2.33 bits per heavy atom. The van der Waals surface area contributed by atoms with Gasteiger partial charge >= 0.3 is 0 Å². The maximum absolute atomic E-state index is 10.7. The molecule has 1 aromatic carbocycles. The minimum absolute atomic E-state index is 0.0261. The molecule has 0 bridgehead atoms. The molecule has 0 radical (unpaired) electrons. The van der Waals surface area contributed by atoms with Gasteiger partial charge in [0, 0.05) is 18.8 Å². The van der Waals surface area contributed by atoms with E-state index < -0.39 is 0 Å². The van der Waals surface area contributed by atoms with Crippen molar-refractivity contribution in [3.05, 3.63) is 29.8 Å². The van der Waals surface area contributed by atoms with E-state index in [1.165, 1.54) is 6.92 Å². The lowest BCUT2D eigenvalue weighted by molar-refractivity contribution is -0.119. The Balaban J connectivity index is 2.53. The van der Waals surface area contributed by atoms with Crippen LogP contribution in [0.2, 0.25) is 0 Å². The number of halogens is 1. The highest BCUT2D eigenvalue weighted by molar-refractivity contribution is 9.09. The van der Waals surface area contributed by atoms with E-state index in [0.29, 0.717) is 13.2 Å². The summed E-state index contributed by atoms with van der Waals surface area (Å²) in [5.74, 6) is 0.805. The molecule has 0 saturated heterocycles. The van der Waals surface area contributed by atoms with Gasteiger partial charge in [-0.1, -0.05) is 28.1 Å². The number of nitrogens with one attached hydrogen (secondary N) is 1. The second-order valence-electron chi connectivity index (χ2n) is 3.09. The zero-order valence-corrected chi connectivity index (χ0v) is 10.2. The molecule has 1 aromatic rings. The second kappa shape index (κ2) is 6.45. The zero-order valence-electron chi connectivity index (χ0n) is 8.63. The monoisotopic (exact) mass is 271 g/mol. The molecule has 0 aliphatic heterocycles. The summed E-state index contributed by atoms with van der Waals surface area (Å²) >= 11 is 3.29. The van der Waals surface area contributed by atoms with Crippen molar-refractivity contribution in [1.29, 1.82) is 0 Å². The third-order valence-electron chi connectivity index (χ3n) is 1.79. The predicted molar refractivity (Wildman–Crippen MR) is 63.3 cm³/mol. The van der Waals surface area contributed by atoms with E-state index in [1.807, 2.05) is 24.3 Å². The summed E-state index contributed by atoms with van der Waals surface area (Å²) in [4.78, 5) is 10.7. The van der Waals surface area contributed by atoms with Crippen LogP contribution in [0.25, 0.3) is 0 Å². The van der Waals surface area contributed by atoms with Crippen molar-refractivity contribution in [2.45, 2.75) is 13.5 Å². The van der Waals surface area contributed by atoms with Gasteiger partial charge in [0.15, 0.2) is 0 Å². The molecule has 1 N–H and O–H groups in total. The predicted octanol–water partition coefficient (Wildman–Crippen LogP) is 2.10. The summed E-state index contributed by atoms with van der Waals surface area (Å²) < 4.78 is 5.44. The van der Waals surface area contributed by atoms with Crippen LogP contribution in [0.15, 0.2) is 24.3 Å². The van der Waals surface area contributed by atoms with E-state index >= 15 is 0 Å². The number of alkyl halides is 1. The lowest BCUT2D eigenvalue weighted by atomic mass is 10.2. The van der Waals surface area contributed by atoms with Crippen LogP contribution >= 0.6 is 15.9 Å². The van der Waals surface area contributed by atoms with Crippen molar-refractivity contribution in [3.8, 4) is 5.75 Å². The molecule has 0 aromatic heterocycles. The van der Waals surface area contributed by atoms with Crippen LogP contribution in [0.4, 0.5) is 0 Å². The minimum atomic E-state index is -0.0261. The maximum Gasteiger partial charge on any atom is 0.217 e. The van der Waals surface area contributed by atoms with Crippen molar-refractivity contribution in [2.24, 2.45) is 0 Å². The van der Waals surface area contributed by atoms with Gasteiger partial charge in [-0.25, -0.2) is 0 Å². The van der Waals surface area contributed by atoms with Crippen LogP contribution in [-0.4, -0.2) is 17.8 Å². The Bertz CT molecular complexity index is 328. The summed E-state index contributed by atoms with van der Waals surface area (Å²) in [6, 6.07) is 7.70. The van der Waals surface area contributed by atoms with Crippen LogP contribution in [0.3, 0.4) is 0 Å². The average molecular weight is 272 g/mol. The number of rotatable bonds is 5. The Morgan fingerprint density at radius 3 is 3.00 bits per heavy atom. The first kappa shape index (κ1) is 12.0. The highest BCUT2D eigenvalue weighted by Crippen LogP contribution is 2.13. The van der Waals surface area contributed by atoms with E-state index in [0.717, 1.165) is 16.6 Å². The molecule has 0 atom stereocenters. The molecule has 15 heavy (non-hydrogen) atoms. The highest BCUT2D eigenvalue weighted by Gasteiger charge is 1.97. The van der Waals surface area contributed by atoms with Crippen LogP contribution in [0.1, 0.15) is 12.5 Å². The van der Waals surface area contributed by atoms with E-state index in [9.17, 15) is 4.79 Å². The van der Waals surface area contributed by atoms with Gasteiger partial charge in [0.25, 0.3) is 0 Å². The fraction of sp³-hybridized carbons (Fsp3) is 0.364. The first-order valence-electron chi connectivity index (χ1n) is 4.74. The lowest BCUT2D eigenvalue weighted by Crippen LogP contribution is -2.18. The zero-order chi connectivity index (χ0) is 11.1. The van der Waals surface area contributed by atoms with Gasteiger partial charge < -0.3 is 10.1 Å². The fourth-order valence-electron chi connectivity index (χ4n) is 1.13. The second-order valence-corrected chi connectivity index (χ2v) is 3.89. The summed E-state index contributed by atoms with van der Waals surface area (Å²) in [5.41, 5.74) is 1.04. The lowest BCUT2D eigenvalue weighted by Gasteiger charge is -2.06. The van der Waals surface area contributed by atoms with Crippen molar-refractivity contribution in [3.63, 3.8) is 0 Å². The molecule has 3 nitrogen and oxygen atoms in total. The molecule has 0 saturated carbocycles. The fourth-order valence-corrected chi connectivity index (χ4v) is 1.29. The quantitative estimate of drug-likeness (QED) is 0.833. The molecule has 0 spiro atoms. The smallest absolute Gasteiger partial charge is 0.217 e. The number of carbonyl (C=O) groups is 1. The van der Waals surface area contributed by atoms with Crippen molar-refractivity contribution in [1.82, 2.24) is 5.32 Å². The number of hydrogen-bond donors (Lipinski definition) is 1. The SMILES string of the molecule is CC(=O)NCc1cccc(OCCBr)c1. The summed E-state index contributed by atoms with van der Waals surface area (Å²) in [6.07, 6.45) is 0. The van der Waals surface area contributed by atoms with Crippen LogP contribution in [-0.2, 0) is 11.3 Å². The minimum Gasteiger partial charge on any atom is -0.493 e. The largest absolute Gasteiger partial charge is 0.493 e. The number of benzene rings is 1. The molecule has 82 valence electrons.